The van der Waals surface area contributed by atoms with Gasteiger partial charge in [0.2, 0.25) is 5.91 Å². The molecule has 0 unspecified atom stereocenters. The van der Waals surface area contributed by atoms with Crippen LogP contribution in [-0.2, 0) is 4.79 Å². The van der Waals surface area contributed by atoms with E-state index in [1.54, 1.807) is 18.2 Å². The van der Waals surface area contributed by atoms with Crippen molar-refractivity contribution in [1.82, 2.24) is 5.32 Å². The number of carbonyl (C=O) groups is 1. The first kappa shape index (κ1) is 14.0. The number of amides is 1. The van der Waals surface area contributed by atoms with Gasteiger partial charge in [-0.05, 0) is 6.07 Å². The third-order valence-electron chi connectivity index (χ3n) is 2.27. The van der Waals surface area contributed by atoms with Crippen LogP contribution in [0.3, 0.4) is 0 Å². The summed E-state index contributed by atoms with van der Waals surface area (Å²) in [4.78, 5) is 10.7. The lowest BCUT2D eigenvalue weighted by Crippen LogP contribution is -2.19. The van der Waals surface area contributed by atoms with Crippen molar-refractivity contribution in [3.8, 4) is 11.5 Å². The van der Waals surface area contributed by atoms with Crippen molar-refractivity contribution in [3.63, 3.8) is 0 Å². The molecule has 0 bridgehead atoms. The number of ether oxygens (including phenoxy) is 2. The number of halogens is 1. The highest BCUT2D eigenvalue weighted by Crippen LogP contribution is 2.30. The van der Waals surface area contributed by atoms with Crippen LogP contribution in [0.4, 0.5) is 4.39 Å². The molecule has 0 atom stereocenters. The van der Waals surface area contributed by atoms with Crippen molar-refractivity contribution in [2.75, 3.05) is 20.8 Å². The van der Waals surface area contributed by atoms with Crippen LogP contribution in [0.2, 0.25) is 0 Å². The number of hydrogen-bond acceptors (Lipinski definition) is 3. The van der Waals surface area contributed by atoms with Crippen LogP contribution in [0.1, 0.15) is 12.5 Å². The highest BCUT2D eigenvalue weighted by molar-refractivity contribution is 5.73. The molecule has 98 valence electrons. The zero-order valence-corrected chi connectivity index (χ0v) is 10.6. The summed E-state index contributed by atoms with van der Waals surface area (Å²) in [5, 5.41) is 2.58. The van der Waals surface area contributed by atoms with Gasteiger partial charge in [-0.3, -0.25) is 4.79 Å². The molecule has 1 amide bonds. The fourth-order valence-electron chi connectivity index (χ4n) is 1.39. The van der Waals surface area contributed by atoms with Gasteiger partial charge in [-0.2, -0.15) is 0 Å². The average Bonchev–Trinajstić information content (AvgIpc) is 2.35. The molecule has 1 aromatic rings. The van der Waals surface area contributed by atoms with Gasteiger partial charge in [0.15, 0.2) is 11.5 Å². The monoisotopic (exact) mass is 253 g/mol. The highest BCUT2D eigenvalue weighted by atomic mass is 19.1. The Morgan fingerprint density at radius 2 is 1.94 bits per heavy atom. The van der Waals surface area contributed by atoms with Crippen LogP contribution in [0.15, 0.2) is 18.2 Å². The second-order valence-corrected chi connectivity index (χ2v) is 3.57. The normalized spacial score (nSPS) is 10.4. The van der Waals surface area contributed by atoms with E-state index in [4.69, 9.17) is 9.47 Å². The topological polar surface area (TPSA) is 47.6 Å². The van der Waals surface area contributed by atoms with Gasteiger partial charge in [0.25, 0.3) is 0 Å². The molecule has 5 heteroatoms. The van der Waals surface area contributed by atoms with Crippen molar-refractivity contribution in [3.05, 3.63) is 29.6 Å². The van der Waals surface area contributed by atoms with Crippen LogP contribution in [0, 0.1) is 5.82 Å². The molecule has 0 fully saturated rings. The van der Waals surface area contributed by atoms with E-state index in [0.29, 0.717) is 23.6 Å². The zero-order valence-electron chi connectivity index (χ0n) is 10.6. The van der Waals surface area contributed by atoms with Crippen LogP contribution in [0.5, 0.6) is 11.5 Å². The molecule has 1 aromatic carbocycles. The van der Waals surface area contributed by atoms with Gasteiger partial charge in [-0.25, -0.2) is 4.39 Å². The Balaban J connectivity index is 2.85. The first-order chi connectivity index (χ1) is 8.58. The molecule has 18 heavy (non-hydrogen) atoms. The van der Waals surface area contributed by atoms with Crippen molar-refractivity contribution >= 4 is 12.0 Å². The Bertz CT molecular complexity index is 458. The summed E-state index contributed by atoms with van der Waals surface area (Å²) in [5.74, 6) is 0.256. The molecule has 0 spiro atoms. The molecular formula is C13H16FNO3. The zero-order chi connectivity index (χ0) is 13.5. The highest BCUT2D eigenvalue weighted by Gasteiger charge is 2.08. The fraction of sp³-hybridized carbons (Fsp3) is 0.308. The number of methoxy groups -OCH3 is 2. The third-order valence-corrected chi connectivity index (χ3v) is 2.27. The van der Waals surface area contributed by atoms with Gasteiger partial charge in [0, 0.05) is 25.1 Å². The van der Waals surface area contributed by atoms with Gasteiger partial charge >= 0.3 is 0 Å². The van der Waals surface area contributed by atoms with E-state index >= 15 is 0 Å². The molecule has 0 heterocycles. The van der Waals surface area contributed by atoms with E-state index < -0.39 is 5.82 Å². The fourth-order valence-corrected chi connectivity index (χ4v) is 1.39. The summed E-state index contributed by atoms with van der Waals surface area (Å²) in [6.07, 6.45) is 3.24. The average molecular weight is 253 g/mol. The van der Waals surface area contributed by atoms with E-state index in [0.717, 1.165) is 0 Å². The van der Waals surface area contributed by atoms with Crippen molar-refractivity contribution in [1.29, 1.82) is 0 Å². The maximum Gasteiger partial charge on any atom is 0.217 e. The first-order valence-electron chi connectivity index (χ1n) is 5.41. The largest absolute Gasteiger partial charge is 0.493 e. The molecule has 1 N–H and O–H groups in total. The van der Waals surface area contributed by atoms with E-state index in [2.05, 4.69) is 5.32 Å². The van der Waals surface area contributed by atoms with Gasteiger partial charge in [0.1, 0.15) is 5.82 Å². The Labute approximate surface area is 105 Å². The maximum atomic E-state index is 13.7. The maximum absolute atomic E-state index is 13.7. The third kappa shape index (κ3) is 3.76. The van der Waals surface area contributed by atoms with Crippen LogP contribution < -0.4 is 14.8 Å². The Morgan fingerprint density at radius 1 is 1.33 bits per heavy atom. The summed E-state index contributed by atoms with van der Waals surface area (Å²) in [6.45, 7) is 1.77. The summed E-state index contributed by atoms with van der Waals surface area (Å²) in [5.41, 5.74) is 0.373. The first-order valence-corrected chi connectivity index (χ1v) is 5.41. The standard InChI is InChI=1S/C13H16FNO3/c1-9(16)15-6-4-5-10-7-12(17-2)13(18-3)8-11(10)14/h4-5,7-8H,6H2,1-3H3,(H,15,16). The lowest BCUT2D eigenvalue weighted by atomic mass is 10.1. The molecule has 0 aromatic heterocycles. The van der Waals surface area contributed by atoms with Gasteiger partial charge < -0.3 is 14.8 Å². The summed E-state index contributed by atoms with van der Waals surface area (Å²) >= 11 is 0. The molecule has 0 saturated carbocycles. The minimum absolute atomic E-state index is 0.132. The minimum atomic E-state index is -0.410. The molecule has 0 radical (unpaired) electrons. The summed E-state index contributed by atoms with van der Waals surface area (Å²) < 4.78 is 23.7. The predicted octanol–water partition coefficient (Wildman–Crippen LogP) is 1.99. The van der Waals surface area contributed by atoms with Crippen LogP contribution in [-0.4, -0.2) is 26.7 Å². The van der Waals surface area contributed by atoms with Gasteiger partial charge in [-0.15, -0.1) is 0 Å². The molecule has 0 aliphatic rings. The lowest BCUT2D eigenvalue weighted by molar-refractivity contribution is -0.118. The molecule has 1 rings (SSSR count). The second-order valence-electron chi connectivity index (χ2n) is 3.57. The van der Waals surface area contributed by atoms with Crippen molar-refractivity contribution in [2.24, 2.45) is 0 Å². The quantitative estimate of drug-likeness (QED) is 0.873. The Morgan fingerprint density at radius 3 is 2.50 bits per heavy atom. The van der Waals surface area contributed by atoms with E-state index in [1.807, 2.05) is 0 Å². The number of hydrogen-bond donors (Lipinski definition) is 1. The summed E-state index contributed by atoms with van der Waals surface area (Å²) in [6, 6.07) is 2.80. The van der Waals surface area contributed by atoms with Crippen LogP contribution >= 0.6 is 0 Å². The SMILES string of the molecule is COc1cc(F)c(C=CCNC(C)=O)cc1OC. The Kier molecular flexibility index (Phi) is 5.17. The Hall–Kier alpha value is -2.04. The van der Waals surface area contributed by atoms with Crippen LogP contribution in [0.25, 0.3) is 6.08 Å². The summed E-state index contributed by atoms with van der Waals surface area (Å²) in [7, 11) is 2.93. The minimum Gasteiger partial charge on any atom is -0.493 e. The smallest absolute Gasteiger partial charge is 0.217 e. The van der Waals surface area contributed by atoms with E-state index in [9.17, 15) is 9.18 Å². The van der Waals surface area contributed by atoms with Crippen molar-refractivity contribution < 1.29 is 18.7 Å². The molecule has 0 aliphatic heterocycles. The van der Waals surface area contributed by atoms with E-state index in [1.165, 1.54) is 27.2 Å². The molecule has 0 aliphatic carbocycles. The number of nitrogens with one attached hydrogen (secondary N) is 1. The van der Waals surface area contributed by atoms with Gasteiger partial charge in [0.05, 0.1) is 14.2 Å². The second kappa shape index (κ2) is 6.64. The molecule has 0 saturated heterocycles. The predicted molar refractivity (Wildman–Crippen MR) is 67.2 cm³/mol. The molecular weight excluding hydrogens is 237 g/mol. The van der Waals surface area contributed by atoms with Gasteiger partial charge in [-0.1, -0.05) is 12.2 Å². The lowest BCUT2D eigenvalue weighted by Gasteiger charge is -2.08. The number of rotatable bonds is 5. The van der Waals surface area contributed by atoms with Crippen molar-refractivity contribution in [2.45, 2.75) is 6.92 Å². The van der Waals surface area contributed by atoms with E-state index in [-0.39, 0.29) is 5.91 Å². The number of benzene rings is 1. The molecule has 4 nitrogen and oxygen atoms in total. The number of carbonyl (C=O) groups excluding carboxylic acids is 1.